The molecule has 2 aliphatic heterocycles. The van der Waals surface area contributed by atoms with E-state index >= 15 is 0 Å². The third kappa shape index (κ3) is 1.18. The number of ether oxygens (including phenoxy) is 2. The minimum absolute atomic E-state index is 0.0163. The van der Waals surface area contributed by atoms with Crippen LogP contribution in [0.3, 0.4) is 0 Å². The van der Waals surface area contributed by atoms with E-state index in [1.54, 1.807) is 6.92 Å². The Bertz CT molecular complexity index is 289. The number of rotatable bonds is 3. The molecule has 2 heterocycles. The smallest absolute Gasteiger partial charge is 0.315 e. The first-order valence-electron chi connectivity index (χ1n) is 5.40. The summed E-state index contributed by atoms with van der Waals surface area (Å²) in [5, 5.41) is 9.24. The Kier molecular flexibility index (Phi) is 2.14. The molecule has 0 aromatic heterocycles. The highest BCUT2D eigenvalue weighted by molar-refractivity contribution is 5.81. The van der Waals surface area contributed by atoms with Crippen LogP contribution in [0.2, 0.25) is 0 Å². The van der Waals surface area contributed by atoms with Gasteiger partial charge in [-0.25, -0.2) is 0 Å². The summed E-state index contributed by atoms with van der Waals surface area (Å²) in [5.74, 6) is -0.184. The van der Waals surface area contributed by atoms with Crippen molar-refractivity contribution in [2.24, 2.45) is 5.41 Å². The van der Waals surface area contributed by atoms with Gasteiger partial charge in [0.1, 0.15) is 5.41 Å². The van der Waals surface area contributed by atoms with Gasteiger partial charge < -0.3 is 14.6 Å². The van der Waals surface area contributed by atoms with E-state index in [0.29, 0.717) is 19.4 Å². The average molecular weight is 214 g/mol. The molecule has 3 aliphatic rings. The lowest BCUT2D eigenvalue weighted by molar-refractivity contribution is -0.164. The number of fused-ring (bicyclic) bond motifs is 1. The van der Waals surface area contributed by atoms with Crippen molar-refractivity contribution in [2.75, 3.05) is 13.2 Å². The minimum atomic E-state index is -0.536. The van der Waals surface area contributed by atoms with Crippen molar-refractivity contribution < 1.29 is 19.4 Å². The molecule has 4 heteroatoms. The van der Waals surface area contributed by atoms with Gasteiger partial charge >= 0.3 is 5.97 Å². The summed E-state index contributed by atoms with van der Waals surface area (Å²) in [6.45, 7) is 5.97. The highest BCUT2D eigenvalue weighted by Crippen LogP contribution is 2.66. The molecule has 0 amide bonds. The second kappa shape index (κ2) is 2.95. The van der Waals surface area contributed by atoms with Gasteiger partial charge in [-0.2, -0.15) is 0 Å². The van der Waals surface area contributed by atoms with Crippen LogP contribution in [0.25, 0.3) is 0 Å². The molecule has 0 spiro atoms. The summed E-state index contributed by atoms with van der Waals surface area (Å²) in [4.78, 5) is 11.9. The van der Waals surface area contributed by atoms with Crippen LogP contribution in [0, 0.1) is 5.41 Å². The number of hydrogen-bond donors (Lipinski definition) is 1. The van der Waals surface area contributed by atoms with Crippen LogP contribution in [0.5, 0.6) is 0 Å². The first-order valence-corrected chi connectivity index (χ1v) is 5.40. The van der Waals surface area contributed by atoms with Crippen LogP contribution in [0.15, 0.2) is 0 Å². The molecule has 2 saturated heterocycles. The number of carbonyl (C=O) groups is 1. The molecule has 0 unspecified atom stereocenters. The summed E-state index contributed by atoms with van der Waals surface area (Å²) in [6, 6.07) is 0. The molecule has 1 N–H and O–H groups in total. The Balaban J connectivity index is 2.22. The third-order valence-electron chi connectivity index (χ3n) is 3.83. The molecule has 0 radical (unpaired) electrons. The molecule has 0 atom stereocenters. The molecule has 3 fully saturated rings. The molecule has 1 saturated carbocycles. The first kappa shape index (κ1) is 10.9. The van der Waals surface area contributed by atoms with Crippen LogP contribution < -0.4 is 0 Å². The third-order valence-corrected chi connectivity index (χ3v) is 3.83. The second-order valence-corrected chi connectivity index (χ2v) is 5.11. The highest BCUT2D eigenvalue weighted by Gasteiger charge is 2.75. The topological polar surface area (TPSA) is 55.8 Å². The van der Waals surface area contributed by atoms with Gasteiger partial charge in [-0.3, -0.25) is 4.79 Å². The number of esters is 1. The molecule has 2 bridgehead atoms. The van der Waals surface area contributed by atoms with Gasteiger partial charge in [-0.15, -0.1) is 0 Å². The lowest BCUT2D eigenvalue weighted by Crippen LogP contribution is -2.54. The Morgan fingerprint density at radius 2 is 2.07 bits per heavy atom. The molecular weight excluding hydrogens is 196 g/mol. The predicted octanol–water partition coefficient (Wildman–Crippen LogP) is 0.870. The molecule has 86 valence electrons. The van der Waals surface area contributed by atoms with E-state index in [2.05, 4.69) is 0 Å². The van der Waals surface area contributed by atoms with Crippen molar-refractivity contribution in [3.63, 3.8) is 0 Å². The van der Waals surface area contributed by atoms with Gasteiger partial charge in [-0.05, 0) is 33.6 Å². The molecule has 0 aromatic rings. The summed E-state index contributed by atoms with van der Waals surface area (Å²) in [6.07, 6.45) is 1.17. The second-order valence-electron chi connectivity index (χ2n) is 5.11. The van der Waals surface area contributed by atoms with E-state index in [0.717, 1.165) is 0 Å². The normalized spacial score (nSPS) is 41.1. The molecule has 15 heavy (non-hydrogen) atoms. The quantitative estimate of drug-likeness (QED) is 0.708. The van der Waals surface area contributed by atoms with Gasteiger partial charge in [0.25, 0.3) is 0 Å². The summed E-state index contributed by atoms with van der Waals surface area (Å²) >= 11 is 0. The van der Waals surface area contributed by atoms with Crippen molar-refractivity contribution in [1.82, 2.24) is 0 Å². The predicted molar refractivity (Wildman–Crippen MR) is 53.3 cm³/mol. The van der Waals surface area contributed by atoms with Crippen LogP contribution in [-0.2, 0) is 14.3 Å². The molecule has 1 aliphatic carbocycles. The summed E-state index contributed by atoms with van der Waals surface area (Å²) in [7, 11) is 0. The highest BCUT2D eigenvalue weighted by atomic mass is 16.6. The van der Waals surface area contributed by atoms with Gasteiger partial charge in [-0.1, -0.05) is 0 Å². The fourth-order valence-corrected chi connectivity index (χ4v) is 2.99. The zero-order chi connectivity index (χ0) is 11.3. The number of hydrogen-bond acceptors (Lipinski definition) is 4. The maximum Gasteiger partial charge on any atom is 0.315 e. The van der Waals surface area contributed by atoms with Gasteiger partial charge in [0.15, 0.2) is 0 Å². The largest absolute Gasteiger partial charge is 0.465 e. The summed E-state index contributed by atoms with van der Waals surface area (Å²) < 4.78 is 10.9. The molecule has 0 aromatic carbocycles. The number of aliphatic hydroxyl groups is 1. The van der Waals surface area contributed by atoms with Crippen molar-refractivity contribution in [3.8, 4) is 0 Å². The average Bonchev–Trinajstić information content (AvgIpc) is 2.46. The van der Waals surface area contributed by atoms with E-state index in [9.17, 15) is 9.90 Å². The number of carbonyl (C=O) groups excluding carboxylic acids is 1. The Hall–Kier alpha value is -0.610. The van der Waals surface area contributed by atoms with Crippen molar-refractivity contribution >= 4 is 5.97 Å². The van der Waals surface area contributed by atoms with Crippen LogP contribution in [-0.4, -0.2) is 35.5 Å². The van der Waals surface area contributed by atoms with Crippen LogP contribution in [0.1, 0.15) is 33.6 Å². The van der Waals surface area contributed by atoms with Crippen molar-refractivity contribution in [3.05, 3.63) is 0 Å². The maximum atomic E-state index is 11.9. The van der Waals surface area contributed by atoms with Crippen molar-refractivity contribution in [2.45, 2.75) is 44.8 Å². The van der Waals surface area contributed by atoms with Gasteiger partial charge in [0.05, 0.1) is 24.4 Å². The Morgan fingerprint density at radius 3 is 2.47 bits per heavy atom. The monoisotopic (exact) mass is 214 g/mol. The van der Waals surface area contributed by atoms with Gasteiger partial charge in [0.2, 0.25) is 0 Å². The number of aliphatic hydroxyl groups excluding tert-OH is 1. The van der Waals surface area contributed by atoms with E-state index in [1.165, 1.54) is 0 Å². The van der Waals surface area contributed by atoms with E-state index < -0.39 is 16.6 Å². The van der Waals surface area contributed by atoms with Crippen LogP contribution in [0.4, 0.5) is 0 Å². The van der Waals surface area contributed by atoms with Gasteiger partial charge in [0, 0.05) is 0 Å². The SMILES string of the molecule is CCOC(=O)C12CC(CO)(C1)OC2(C)C. The molecule has 4 nitrogen and oxygen atoms in total. The zero-order valence-corrected chi connectivity index (χ0v) is 9.50. The van der Waals surface area contributed by atoms with Crippen molar-refractivity contribution in [1.29, 1.82) is 0 Å². The van der Waals surface area contributed by atoms with Crippen LogP contribution >= 0.6 is 0 Å². The van der Waals surface area contributed by atoms with E-state index in [4.69, 9.17) is 9.47 Å². The Morgan fingerprint density at radius 1 is 1.47 bits per heavy atom. The fourth-order valence-electron chi connectivity index (χ4n) is 2.99. The standard InChI is InChI=1S/C11H18O4/c1-4-14-8(13)11-5-10(6-11,7-12)15-9(11,2)3/h12H,4-7H2,1-3H3. The summed E-state index contributed by atoms with van der Waals surface area (Å²) in [5.41, 5.74) is -1.55. The lowest BCUT2D eigenvalue weighted by atomic mass is 9.57. The fraction of sp³-hybridized carbons (Fsp3) is 0.909. The maximum absolute atomic E-state index is 11.9. The molecular formula is C11H18O4. The first-order chi connectivity index (χ1) is 6.91. The van der Waals surface area contributed by atoms with E-state index in [-0.39, 0.29) is 12.6 Å². The molecule has 3 rings (SSSR count). The zero-order valence-electron chi connectivity index (χ0n) is 9.50. The minimum Gasteiger partial charge on any atom is -0.465 e. The lowest BCUT2D eigenvalue weighted by Gasteiger charge is -2.43. The van der Waals surface area contributed by atoms with E-state index in [1.807, 2.05) is 13.8 Å². The Labute approximate surface area is 89.6 Å².